The Labute approximate surface area is 250 Å². The normalized spacial score (nSPS) is 45.5. The first-order valence-electron chi connectivity index (χ1n) is 16.4. The number of aliphatic hydroxyl groups is 2. The lowest BCUT2D eigenvalue weighted by Crippen LogP contribution is -2.62. The predicted octanol–water partition coefficient (Wildman–Crippen LogP) is 4.55. The summed E-state index contributed by atoms with van der Waals surface area (Å²) in [5.41, 5.74) is -0.301. The maximum atomic E-state index is 12.8. The van der Waals surface area contributed by atoms with Gasteiger partial charge in [-0.3, -0.25) is 14.4 Å². The highest BCUT2D eigenvalue weighted by molar-refractivity contribution is 5.70. The second-order valence-electron chi connectivity index (χ2n) is 14.6. The Bertz CT molecular complexity index is 1020. The van der Waals surface area contributed by atoms with E-state index in [-0.39, 0.29) is 70.8 Å². The molecule has 13 atom stereocenters. The number of esters is 3. The molecule has 0 spiro atoms. The molecule has 238 valence electrons. The summed E-state index contributed by atoms with van der Waals surface area (Å²) in [5, 5.41) is 23.5. The fourth-order valence-electron chi connectivity index (χ4n) is 10.3. The van der Waals surface area contributed by atoms with E-state index in [1.165, 1.54) is 13.8 Å². The standard InChI is InChI=1S/C33H52O9/c1-18(8-11-29(38)42-27-7-6-14-39-31(27)41-20(3)35)23-9-10-24-30-25(17-28(37)33(23,24)5)32(4)13-12-22(40-19(2)34)15-21(32)16-26(30)36/h18,21-28,30-31,36-37H,6-17H2,1-5H3/t18-,21+,22-,23-,24?,25+,26-,27-,28+,30?,31+,32+,33-/m1/s1. The molecule has 0 amide bonds. The topological polar surface area (TPSA) is 129 Å². The molecule has 0 aromatic heterocycles. The Morgan fingerprint density at radius 2 is 1.67 bits per heavy atom. The first-order chi connectivity index (χ1) is 19.8. The second kappa shape index (κ2) is 12.4. The van der Waals surface area contributed by atoms with E-state index in [0.29, 0.717) is 25.9 Å². The zero-order valence-corrected chi connectivity index (χ0v) is 26.1. The van der Waals surface area contributed by atoms with E-state index in [0.717, 1.165) is 44.9 Å². The monoisotopic (exact) mass is 592 g/mol. The number of fused-ring (bicyclic) bond motifs is 5. The third-order valence-electron chi connectivity index (χ3n) is 12.4. The molecule has 2 N–H and O–H groups in total. The van der Waals surface area contributed by atoms with Crippen molar-refractivity contribution in [3.05, 3.63) is 0 Å². The number of carbonyl (C=O) groups excluding carboxylic acids is 3. The molecule has 0 radical (unpaired) electrons. The SMILES string of the molecule is CC(=O)O[C@@H]1CC[C@@]2(C)[C@@H](C1)C[C@@H](O)C1C3CC[C@H]([C@H](C)CCC(=O)O[C@@H]4CCCO[C@H]4OC(C)=O)[C@@]3(C)[C@@H](O)C[C@@H]12. The zero-order chi connectivity index (χ0) is 30.4. The number of ether oxygens (including phenoxy) is 4. The fraction of sp³-hybridized carbons (Fsp3) is 0.909. The van der Waals surface area contributed by atoms with Gasteiger partial charge in [0.2, 0.25) is 6.29 Å². The van der Waals surface area contributed by atoms with Crippen LogP contribution in [0.4, 0.5) is 0 Å². The molecule has 0 aromatic carbocycles. The van der Waals surface area contributed by atoms with Crippen LogP contribution in [0.1, 0.15) is 105 Å². The van der Waals surface area contributed by atoms with Crippen molar-refractivity contribution < 1.29 is 43.5 Å². The summed E-state index contributed by atoms with van der Waals surface area (Å²) >= 11 is 0. The fourth-order valence-corrected chi connectivity index (χ4v) is 10.3. The van der Waals surface area contributed by atoms with Crippen LogP contribution >= 0.6 is 0 Å². The molecule has 1 heterocycles. The number of aliphatic hydroxyl groups excluding tert-OH is 2. The molecule has 5 aliphatic rings. The van der Waals surface area contributed by atoms with E-state index >= 15 is 0 Å². The molecule has 4 aliphatic carbocycles. The smallest absolute Gasteiger partial charge is 0.306 e. The summed E-state index contributed by atoms with van der Waals surface area (Å²) in [6.07, 6.45) is 5.79. The summed E-state index contributed by atoms with van der Waals surface area (Å²) < 4.78 is 22.0. The van der Waals surface area contributed by atoms with Gasteiger partial charge in [0, 0.05) is 20.3 Å². The van der Waals surface area contributed by atoms with E-state index < -0.39 is 30.6 Å². The summed E-state index contributed by atoms with van der Waals surface area (Å²) in [5.74, 6) is 0.329. The van der Waals surface area contributed by atoms with Crippen molar-refractivity contribution in [3.63, 3.8) is 0 Å². The van der Waals surface area contributed by atoms with Crippen LogP contribution in [0.25, 0.3) is 0 Å². The lowest BCUT2D eigenvalue weighted by Gasteiger charge is -2.63. The minimum Gasteiger partial charge on any atom is -0.463 e. The lowest BCUT2D eigenvalue weighted by atomic mass is 9.43. The minimum absolute atomic E-state index is 0.0170. The number of hydrogen-bond acceptors (Lipinski definition) is 9. The average Bonchev–Trinajstić information content (AvgIpc) is 3.28. The molecule has 9 nitrogen and oxygen atoms in total. The Kier molecular flexibility index (Phi) is 9.32. The van der Waals surface area contributed by atoms with Crippen molar-refractivity contribution in [2.75, 3.05) is 6.61 Å². The second-order valence-corrected chi connectivity index (χ2v) is 14.6. The number of carbonyl (C=O) groups is 3. The first-order valence-corrected chi connectivity index (χ1v) is 16.4. The Morgan fingerprint density at radius 3 is 2.38 bits per heavy atom. The maximum absolute atomic E-state index is 12.8. The van der Waals surface area contributed by atoms with Crippen LogP contribution in [0.2, 0.25) is 0 Å². The van der Waals surface area contributed by atoms with Gasteiger partial charge in [0.25, 0.3) is 0 Å². The molecule has 1 saturated heterocycles. The quantitative estimate of drug-likeness (QED) is 0.323. The van der Waals surface area contributed by atoms with E-state index in [2.05, 4.69) is 20.8 Å². The molecule has 0 aromatic rings. The van der Waals surface area contributed by atoms with Crippen LogP contribution in [0.3, 0.4) is 0 Å². The Balaban J connectivity index is 1.22. The summed E-state index contributed by atoms with van der Waals surface area (Å²) in [6, 6.07) is 0. The van der Waals surface area contributed by atoms with Gasteiger partial charge in [-0.25, -0.2) is 0 Å². The van der Waals surface area contributed by atoms with E-state index in [9.17, 15) is 24.6 Å². The van der Waals surface area contributed by atoms with E-state index in [1.54, 1.807) is 0 Å². The lowest BCUT2D eigenvalue weighted by molar-refractivity contribution is -0.224. The summed E-state index contributed by atoms with van der Waals surface area (Å²) in [4.78, 5) is 35.9. The van der Waals surface area contributed by atoms with E-state index in [4.69, 9.17) is 18.9 Å². The largest absolute Gasteiger partial charge is 0.463 e. The van der Waals surface area contributed by atoms with Crippen molar-refractivity contribution in [2.45, 2.75) is 136 Å². The Hall–Kier alpha value is -1.71. The maximum Gasteiger partial charge on any atom is 0.306 e. The van der Waals surface area contributed by atoms with Crippen LogP contribution in [-0.2, 0) is 33.3 Å². The van der Waals surface area contributed by atoms with Gasteiger partial charge in [-0.15, -0.1) is 0 Å². The first kappa shape index (κ1) is 31.7. The molecular formula is C33H52O9. The zero-order valence-electron chi connectivity index (χ0n) is 26.1. The Morgan fingerprint density at radius 1 is 0.929 bits per heavy atom. The van der Waals surface area contributed by atoms with Crippen LogP contribution in [0.15, 0.2) is 0 Å². The molecule has 4 saturated carbocycles. The predicted molar refractivity (Wildman–Crippen MR) is 153 cm³/mol. The van der Waals surface area contributed by atoms with Gasteiger partial charge in [0.1, 0.15) is 6.10 Å². The van der Waals surface area contributed by atoms with Gasteiger partial charge in [-0.2, -0.15) is 0 Å². The van der Waals surface area contributed by atoms with Gasteiger partial charge in [0.05, 0.1) is 18.8 Å². The third-order valence-corrected chi connectivity index (χ3v) is 12.4. The van der Waals surface area contributed by atoms with Gasteiger partial charge in [0.15, 0.2) is 6.10 Å². The van der Waals surface area contributed by atoms with Crippen molar-refractivity contribution in [1.82, 2.24) is 0 Å². The highest BCUT2D eigenvalue weighted by Crippen LogP contribution is 2.68. The number of hydrogen-bond donors (Lipinski definition) is 2. The molecule has 42 heavy (non-hydrogen) atoms. The average molecular weight is 593 g/mol. The molecule has 5 fully saturated rings. The third kappa shape index (κ3) is 5.86. The van der Waals surface area contributed by atoms with E-state index in [1.807, 2.05) is 0 Å². The molecule has 1 aliphatic heterocycles. The van der Waals surface area contributed by atoms with Gasteiger partial charge in [-0.1, -0.05) is 20.8 Å². The van der Waals surface area contributed by atoms with Crippen LogP contribution in [0, 0.1) is 46.3 Å². The minimum atomic E-state index is -0.849. The van der Waals surface area contributed by atoms with Crippen LogP contribution < -0.4 is 0 Å². The van der Waals surface area contributed by atoms with Gasteiger partial charge < -0.3 is 29.2 Å². The van der Waals surface area contributed by atoms with Gasteiger partial charge in [-0.05, 0) is 111 Å². The van der Waals surface area contributed by atoms with Crippen LogP contribution in [0.5, 0.6) is 0 Å². The van der Waals surface area contributed by atoms with Crippen molar-refractivity contribution in [2.24, 2.45) is 46.3 Å². The van der Waals surface area contributed by atoms with Crippen molar-refractivity contribution in [1.29, 1.82) is 0 Å². The number of rotatable bonds is 7. The van der Waals surface area contributed by atoms with Crippen LogP contribution in [-0.4, -0.2) is 65.4 Å². The molecule has 5 rings (SSSR count). The molecule has 0 bridgehead atoms. The van der Waals surface area contributed by atoms with Crippen molar-refractivity contribution in [3.8, 4) is 0 Å². The molecule has 9 heteroatoms. The highest BCUT2D eigenvalue weighted by atomic mass is 16.7. The summed E-state index contributed by atoms with van der Waals surface area (Å²) in [7, 11) is 0. The van der Waals surface area contributed by atoms with Gasteiger partial charge >= 0.3 is 17.9 Å². The van der Waals surface area contributed by atoms with Crippen molar-refractivity contribution >= 4 is 17.9 Å². The molecular weight excluding hydrogens is 540 g/mol. The summed E-state index contributed by atoms with van der Waals surface area (Å²) in [6.45, 7) is 10.0. The molecule has 2 unspecified atom stereocenters. The highest BCUT2D eigenvalue weighted by Gasteiger charge is 2.65.